The lowest BCUT2D eigenvalue weighted by Gasteiger charge is -2.36. The first kappa shape index (κ1) is 28.9. The third-order valence-electron chi connectivity index (χ3n) is 6.53. The number of carbonyl (C=O) groups excluding carboxylic acids is 2. The largest absolute Gasteiger partial charge is 0.466 e. The predicted molar refractivity (Wildman–Crippen MR) is 148 cm³/mol. The number of thiocarbonyl (C=S) groups is 1. The first-order valence-corrected chi connectivity index (χ1v) is 13.9. The summed E-state index contributed by atoms with van der Waals surface area (Å²) < 4.78 is 12.7. The molecule has 0 aliphatic carbocycles. The smallest absolute Gasteiger partial charge is 0.310 e. The molecule has 0 aromatic carbocycles. The van der Waals surface area contributed by atoms with Crippen molar-refractivity contribution < 1.29 is 19.1 Å². The first-order chi connectivity index (χ1) is 17.8. The average Bonchev–Trinajstić information content (AvgIpc) is 3.15. The van der Waals surface area contributed by atoms with Crippen LogP contribution in [0.4, 0.5) is 5.82 Å². The molecule has 3 heterocycles. The van der Waals surface area contributed by atoms with Gasteiger partial charge >= 0.3 is 5.97 Å². The van der Waals surface area contributed by atoms with E-state index in [9.17, 15) is 19.6 Å². The topological polar surface area (TPSA) is 105 Å². The number of rotatable bonds is 10. The first-order valence-electron chi connectivity index (χ1n) is 12.7. The highest BCUT2D eigenvalue weighted by Crippen LogP contribution is 2.37. The van der Waals surface area contributed by atoms with Crippen molar-refractivity contribution in [1.82, 2.24) is 9.47 Å². The van der Waals surface area contributed by atoms with Crippen LogP contribution in [0.5, 0.6) is 0 Å². The Morgan fingerprint density at radius 1 is 1.27 bits per heavy atom. The number of ether oxygens (including phenoxy) is 2. The summed E-state index contributed by atoms with van der Waals surface area (Å²) in [7, 11) is 0. The Morgan fingerprint density at radius 3 is 2.68 bits per heavy atom. The van der Waals surface area contributed by atoms with E-state index in [-0.39, 0.29) is 28.9 Å². The highest BCUT2D eigenvalue weighted by atomic mass is 32.2. The number of carbonyl (C=O) groups is 2. The highest BCUT2D eigenvalue weighted by molar-refractivity contribution is 8.26. The number of amides is 1. The molecule has 2 fully saturated rings. The summed E-state index contributed by atoms with van der Waals surface area (Å²) in [5.41, 5.74) is 0.795. The molecule has 200 valence electrons. The summed E-state index contributed by atoms with van der Waals surface area (Å²) in [5.74, 6) is -0.161. The van der Waals surface area contributed by atoms with Gasteiger partial charge in [0.05, 0.1) is 17.4 Å². The number of hydrogen-bond acceptors (Lipinski definition) is 9. The Labute approximate surface area is 227 Å². The van der Waals surface area contributed by atoms with E-state index in [1.165, 1.54) is 11.8 Å². The second-order valence-electron chi connectivity index (χ2n) is 8.82. The molecule has 2 saturated heterocycles. The van der Waals surface area contributed by atoms with Crippen molar-refractivity contribution in [3.63, 3.8) is 0 Å². The summed E-state index contributed by atoms with van der Waals surface area (Å²) in [6, 6.07) is 2.05. The minimum atomic E-state index is -0.378. The van der Waals surface area contributed by atoms with Crippen LogP contribution in [0, 0.1) is 24.2 Å². The molecule has 1 amide bonds. The highest BCUT2D eigenvalue weighted by Gasteiger charge is 2.34. The van der Waals surface area contributed by atoms with Gasteiger partial charge in [0.1, 0.15) is 21.8 Å². The van der Waals surface area contributed by atoms with Gasteiger partial charge in [-0.3, -0.25) is 23.9 Å². The number of piperidine rings is 1. The quantitative estimate of drug-likeness (QED) is 0.189. The van der Waals surface area contributed by atoms with Crippen LogP contribution < -0.4 is 10.5 Å². The third kappa shape index (κ3) is 6.25. The summed E-state index contributed by atoms with van der Waals surface area (Å²) >= 11 is 6.70. The fourth-order valence-corrected chi connectivity index (χ4v) is 5.98. The van der Waals surface area contributed by atoms with Crippen molar-refractivity contribution in [1.29, 1.82) is 5.26 Å². The van der Waals surface area contributed by atoms with Crippen LogP contribution in [0.1, 0.15) is 56.7 Å². The van der Waals surface area contributed by atoms with Gasteiger partial charge in [0.2, 0.25) is 0 Å². The molecule has 37 heavy (non-hydrogen) atoms. The molecular weight excluding hydrogens is 512 g/mol. The molecule has 1 aromatic heterocycles. The maximum Gasteiger partial charge on any atom is 0.310 e. The lowest BCUT2D eigenvalue weighted by atomic mass is 9.96. The maximum atomic E-state index is 13.3. The van der Waals surface area contributed by atoms with Crippen LogP contribution in [0.3, 0.4) is 0 Å². The van der Waals surface area contributed by atoms with Crippen molar-refractivity contribution in [3.8, 4) is 6.07 Å². The molecule has 0 radical (unpaired) electrons. The van der Waals surface area contributed by atoms with E-state index >= 15 is 0 Å². The second kappa shape index (κ2) is 13.2. The van der Waals surface area contributed by atoms with Gasteiger partial charge in [-0.1, -0.05) is 24.0 Å². The van der Waals surface area contributed by atoms with Gasteiger partial charge in [-0.2, -0.15) is 5.26 Å². The number of nitrogens with zero attached hydrogens (tertiary/aromatic N) is 4. The van der Waals surface area contributed by atoms with Crippen LogP contribution in [0.2, 0.25) is 0 Å². The fourth-order valence-electron chi connectivity index (χ4n) is 4.69. The van der Waals surface area contributed by atoms with E-state index in [1.54, 1.807) is 29.4 Å². The van der Waals surface area contributed by atoms with Crippen LogP contribution in [-0.2, 0) is 25.6 Å². The van der Waals surface area contributed by atoms with E-state index in [4.69, 9.17) is 21.7 Å². The van der Waals surface area contributed by atoms with Crippen molar-refractivity contribution >= 4 is 52.1 Å². The Morgan fingerprint density at radius 2 is 2.03 bits per heavy atom. The van der Waals surface area contributed by atoms with Crippen molar-refractivity contribution in [3.05, 3.63) is 31.9 Å². The Balaban J connectivity index is 2.07. The van der Waals surface area contributed by atoms with Crippen LogP contribution >= 0.6 is 24.0 Å². The summed E-state index contributed by atoms with van der Waals surface area (Å²) in [4.78, 5) is 43.1. The fraction of sp³-hybridized carbons (Fsp3) is 0.577. The SMILES string of the molecule is CCOCCCN1C(=O)C(=Cc2c(C)c(C#N)c(=O)n(CC)c2N2CCCC(C(=O)OCC)C2)SC1=S. The molecule has 2 aliphatic rings. The van der Waals surface area contributed by atoms with Gasteiger partial charge in [-0.15, -0.1) is 0 Å². The Bertz CT molecular complexity index is 1190. The van der Waals surface area contributed by atoms with E-state index in [0.717, 1.165) is 6.42 Å². The predicted octanol–water partition coefficient (Wildman–Crippen LogP) is 3.46. The van der Waals surface area contributed by atoms with Crippen LogP contribution in [0.15, 0.2) is 9.70 Å². The van der Waals surface area contributed by atoms with E-state index in [2.05, 4.69) is 0 Å². The van der Waals surface area contributed by atoms with Crippen LogP contribution in [-0.4, -0.2) is 65.1 Å². The Kier molecular flexibility index (Phi) is 10.3. The minimum Gasteiger partial charge on any atom is -0.466 e. The number of esters is 1. The van der Waals surface area contributed by atoms with Gasteiger partial charge in [-0.05, 0) is 58.6 Å². The van der Waals surface area contributed by atoms with Crippen molar-refractivity contribution in [2.45, 2.75) is 53.5 Å². The molecule has 0 spiro atoms. The molecule has 2 aliphatic heterocycles. The third-order valence-corrected chi connectivity index (χ3v) is 7.90. The molecule has 9 nitrogen and oxygen atoms in total. The average molecular weight is 547 g/mol. The van der Waals surface area contributed by atoms with Gasteiger partial charge in [0.15, 0.2) is 0 Å². The van der Waals surface area contributed by atoms with Crippen molar-refractivity contribution in [2.75, 3.05) is 44.4 Å². The summed E-state index contributed by atoms with van der Waals surface area (Å²) in [6.45, 7) is 10.6. The molecule has 1 aromatic rings. The number of hydrogen-bond donors (Lipinski definition) is 0. The van der Waals surface area contributed by atoms with E-state index in [1.807, 2.05) is 24.8 Å². The van der Waals surface area contributed by atoms with Gasteiger partial charge < -0.3 is 14.4 Å². The molecular formula is C26H34N4O5S2. The zero-order chi connectivity index (χ0) is 27.1. The minimum absolute atomic E-state index is 0.0444. The summed E-state index contributed by atoms with van der Waals surface area (Å²) in [6.07, 6.45) is 3.87. The number of pyridine rings is 1. The molecule has 3 rings (SSSR count). The number of nitriles is 1. The molecule has 0 N–H and O–H groups in total. The number of anilines is 1. The second-order valence-corrected chi connectivity index (χ2v) is 10.5. The van der Waals surface area contributed by atoms with Gasteiger partial charge in [-0.25, -0.2) is 0 Å². The summed E-state index contributed by atoms with van der Waals surface area (Å²) in [5, 5.41) is 9.78. The van der Waals surface area contributed by atoms with Crippen LogP contribution in [0.25, 0.3) is 6.08 Å². The lowest BCUT2D eigenvalue weighted by Crippen LogP contribution is -2.43. The molecule has 1 unspecified atom stereocenters. The van der Waals surface area contributed by atoms with Crippen molar-refractivity contribution in [2.24, 2.45) is 5.92 Å². The lowest BCUT2D eigenvalue weighted by molar-refractivity contribution is -0.148. The van der Waals surface area contributed by atoms with E-state index in [0.29, 0.717) is 85.0 Å². The van der Waals surface area contributed by atoms with Gasteiger partial charge in [0.25, 0.3) is 11.5 Å². The molecule has 0 saturated carbocycles. The standard InChI is InChI=1S/C26H34N4O5S2/c1-5-29-22(28-11-8-10-18(16-28)25(33)35-7-3)19(17(4)20(15-27)23(29)31)14-21-24(32)30(26(36)37-21)12-9-13-34-6-2/h14,18H,5-13,16H2,1-4H3. The zero-order valence-corrected chi connectivity index (χ0v) is 23.5. The molecule has 0 bridgehead atoms. The maximum absolute atomic E-state index is 13.3. The Hall–Kier alpha value is -2.68. The normalized spacial score (nSPS) is 19.0. The molecule has 11 heteroatoms. The molecule has 1 atom stereocenters. The number of thioether (sulfide) groups is 1. The monoisotopic (exact) mass is 546 g/mol. The zero-order valence-electron chi connectivity index (χ0n) is 21.9. The van der Waals surface area contributed by atoms with E-state index < -0.39 is 0 Å². The van der Waals surface area contributed by atoms with Gasteiger partial charge in [0, 0.05) is 45.0 Å². The number of aromatic nitrogens is 1.